The number of pyridine rings is 1. The van der Waals surface area contributed by atoms with Crippen LogP contribution in [-0.2, 0) is 6.54 Å². The summed E-state index contributed by atoms with van der Waals surface area (Å²) in [4.78, 5) is 24.7. The lowest BCUT2D eigenvalue weighted by Crippen LogP contribution is -2.22. The van der Waals surface area contributed by atoms with Gasteiger partial charge in [-0.2, -0.15) is 5.26 Å². The summed E-state index contributed by atoms with van der Waals surface area (Å²) >= 11 is 11.8. The highest BCUT2D eigenvalue weighted by atomic mass is 35.5. The maximum absolute atomic E-state index is 12.6. The van der Waals surface area contributed by atoms with Crippen molar-refractivity contribution in [1.82, 2.24) is 4.57 Å². The molecular weight excluding hydrogens is 385 g/mol. The number of halogens is 2. The van der Waals surface area contributed by atoms with Gasteiger partial charge in [0.1, 0.15) is 6.07 Å². The van der Waals surface area contributed by atoms with Crippen molar-refractivity contribution in [2.75, 3.05) is 5.32 Å². The Labute approximate surface area is 165 Å². The number of amides is 1. The van der Waals surface area contributed by atoms with Crippen molar-refractivity contribution in [3.8, 4) is 6.07 Å². The number of rotatable bonds is 4. The molecular formula is C20H13Cl2N3O2. The Bertz CT molecular complexity index is 1100. The van der Waals surface area contributed by atoms with Crippen LogP contribution in [0.25, 0.3) is 0 Å². The number of benzene rings is 2. The lowest BCUT2D eigenvalue weighted by atomic mass is 10.1. The molecule has 1 heterocycles. The molecule has 0 spiro atoms. The fraction of sp³-hybridized carbons (Fsp3) is 0.0500. The van der Waals surface area contributed by atoms with Gasteiger partial charge in [-0.3, -0.25) is 9.59 Å². The number of hydrogen-bond acceptors (Lipinski definition) is 3. The van der Waals surface area contributed by atoms with Crippen LogP contribution >= 0.6 is 23.2 Å². The van der Waals surface area contributed by atoms with E-state index < -0.39 is 5.91 Å². The van der Waals surface area contributed by atoms with E-state index in [-0.39, 0.29) is 11.1 Å². The molecule has 1 aromatic heterocycles. The molecule has 134 valence electrons. The average molecular weight is 398 g/mol. The summed E-state index contributed by atoms with van der Waals surface area (Å²) in [6.45, 7) is 0.303. The van der Waals surface area contributed by atoms with Crippen molar-refractivity contribution in [2.24, 2.45) is 0 Å². The van der Waals surface area contributed by atoms with Crippen LogP contribution in [0.1, 0.15) is 21.5 Å². The van der Waals surface area contributed by atoms with E-state index in [0.29, 0.717) is 27.8 Å². The Morgan fingerprint density at radius 2 is 1.74 bits per heavy atom. The van der Waals surface area contributed by atoms with Crippen LogP contribution in [0, 0.1) is 11.3 Å². The first-order valence-electron chi connectivity index (χ1n) is 7.92. The molecule has 0 saturated carbocycles. The molecule has 5 nitrogen and oxygen atoms in total. The number of carbonyl (C=O) groups is 1. The monoisotopic (exact) mass is 397 g/mol. The minimum atomic E-state index is -0.446. The number of nitriles is 1. The van der Waals surface area contributed by atoms with Crippen LogP contribution in [0.2, 0.25) is 10.0 Å². The zero-order chi connectivity index (χ0) is 19.4. The summed E-state index contributed by atoms with van der Waals surface area (Å²) < 4.78 is 1.43. The SMILES string of the molecule is N#Cc1ccc(Cl)cc1NC(=O)c1ccc(=O)n(Cc2ccc(Cl)cc2)c1. The molecule has 0 aliphatic heterocycles. The van der Waals surface area contributed by atoms with Crippen molar-refractivity contribution in [3.05, 3.63) is 97.9 Å². The first-order chi connectivity index (χ1) is 13.0. The van der Waals surface area contributed by atoms with E-state index >= 15 is 0 Å². The van der Waals surface area contributed by atoms with Gasteiger partial charge in [0.25, 0.3) is 11.5 Å². The minimum Gasteiger partial charge on any atom is -0.321 e. The second kappa shape index (κ2) is 8.09. The third-order valence-corrected chi connectivity index (χ3v) is 4.35. The van der Waals surface area contributed by atoms with Crippen LogP contribution in [0.4, 0.5) is 5.69 Å². The Balaban J connectivity index is 1.86. The Hall–Kier alpha value is -3.07. The Kier molecular flexibility index (Phi) is 5.60. The second-order valence-corrected chi connectivity index (χ2v) is 6.64. The van der Waals surface area contributed by atoms with Crippen LogP contribution in [0.15, 0.2) is 65.6 Å². The Morgan fingerprint density at radius 3 is 2.44 bits per heavy atom. The topological polar surface area (TPSA) is 74.9 Å². The number of aromatic nitrogens is 1. The van der Waals surface area contributed by atoms with E-state index in [1.165, 1.54) is 35.0 Å². The molecule has 0 radical (unpaired) electrons. The van der Waals surface area contributed by atoms with Gasteiger partial charge >= 0.3 is 0 Å². The third-order valence-electron chi connectivity index (χ3n) is 3.86. The molecule has 1 N–H and O–H groups in total. The van der Waals surface area contributed by atoms with Gasteiger partial charge in [0.2, 0.25) is 0 Å². The second-order valence-electron chi connectivity index (χ2n) is 5.77. The largest absolute Gasteiger partial charge is 0.321 e. The zero-order valence-electron chi connectivity index (χ0n) is 13.9. The molecule has 27 heavy (non-hydrogen) atoms. The van der Waals surface area contributed by atoms with Gasteiger partial charge in [0.15, 0.2) is 0 Å². The summed E-state index contributed by atoms with van der Waals surface area (Å²) in [5.41, 5.74) is 1.53. The van der Waals surface area contributed by atoms with E-state index in [1.807, 2.05) is 18.2 Å². The van der Waals surface area contributed by atoms with Gasteiger partial charge in [0.05, 0.1) is 23.4 Å². The summed E-state index contributed by atoms with van der Waals surface area (Å²) in [5, 5.41) is 12.8. The summed E-state index contributed by atoms with van der Waals surface area (Å²) in [5.74, 6) is -0.446. The normalized spacial score (nSPS) is 10.3. The van der Waals surface area contributed by atoms with Crippen molar-refractivity contribution in [2.45, 2.75) is 6.54 Å². The van der Waals surface area contributed by atoms with Crippen molar-refractivity contribution < 1.29 is 4.79 Å². The Morgan fingerprint density at radius 1 is 1.04 bits per heavy atom. The maximum Gasteiger partial charge on any atom is 0.257 e. The number of nitrogens with zero attached hydrogens (tertiary/aromatic N) is 2. The van der Waals surface area contributed by atoms with Crippen molar-refractivity contribution in [1.29, 1.82) is 5.26 Å². The molecule has 0 fully saturated rings. The van der Waals surface area contributed by atoms with Gasteiger partial charge in [0, 0.05) is 22.3 Å². The predicted octanol–water partition coefficient (Wildman–Crippen LogP) is 4.33. The van der Waals surface area contributed by atoms with E-state index in [4.69, 9.17) is 28.5 Å². The number of carbonyl (C=O) groups excluding carboxylic acids is 1. The average Bonchev–Trinajstić information content (AvgIpc) is 2.65. The van der Waals surface area contributed by atoms with Crippen molar-refractivity contribution in [3.63, 3.8) is 0 Å². The molecule has 0 atom stereocenters. The van der Waals surface area contributed by atoms with Gasteiger partial charge in [-0.15, -0.1) is 0 Å². The number of anilines is 1. The van der Waals surface area contributed by atoms with E-state index in [9.17, 15) is 9.59 Å². The van der Waals surface area contributed by atoms with Gasteiger partial charge in [-0.05, 0) is 42.0 Å². The fourth-order valence-corrected chi connectivity index (χ4v) is 2.79. The van der Waals surface area contributed by atoms with Crippen molar-refractivity contribution >= 4 is 34.8 Å². The zero-order valence-corrected chi connectivity index (χ0v) is 15.5. The summed E-state index contributed by atoms with van der Waals surface area (Å²) in [7, 11) is 0. The minimum absolute atomic E-state index is 0.234. The lowest BCUT2D eigenvalue weighted by molar-refractivity contribution is 0.102. The van der Waals surface area contributed by atoms with Crippen LogP contribution in [0.3, 0.4) is 0 Å². The highest BCUT2D eigenvalue weighted by molar-refractivity contribution is 6.31. The molecule has 0 aliphatic rings. The number of hydrogen-bond donors (Lipinski definition) is 1. The lowest BCUT2D eigenvalue weighted by Gasteiger charge is -2.10. The molecule has 0 aliphatic carbocycles. The summed E-state index contributed by atoms with van der Waals surface area (Å²) in [6, 6.07) is 16.5. The van der Waals surface area contributed by atoms with Gasteiger partial charge in [-0.25, -0.2) is 0 Å². The maximum atomic E-state index is 12.6. The molecule has 2 aromatic carbocycles. The molecule has 0 unspecified atom stereocenters. The molecule has 3 aromatic rings. The van der Waals surface area contributed by atoms with Gasteiger partial charge < -0.3 is 9.88 Å². The van der Waals surface area contributed by atoms with E-state index in [0.717, 1.165) is 5.56 Å². The standard InChI is InChI=1S/C20H13Cl2N3O2/c21-16-5-1-13(2-6-16)11-25-12-15(4-8-19(25)26)20(27)24-18-9-17(22)7-3-14(18)10-23/h1-9,12H,11H2,(H,24,27). The van der Waals surface area contributed by atoms with Crippen LogP contribution in [-0.4, -0.2) is 10.5 Å². The number of nitrogens with one attached hydrogen (secondary N) is 1. The molecule has 0 bridgehead atoms. The molecule has 3 rings (SSSR count). The molecule has 0 saturated heterocycles. The summed E-state index contributed by atoms with van der Waals surface area (Å²) in [6.07, 6.45) is 1.48. The van der Waals surface area contributed by atoms with Gasteiger partial charge in [-0.1, -0.05) is 35.3 Å². The first kappa shape index (κ1) is 18.7. The smallest absolute Gasteiger partial charge is 0.257 e. The van der Waals surface area contributed by atoms with E-state index in [1.54, 1.807) is 18.2 Å². The highest BCUT2D eigenvalue weighted by Crippen LogP contribution is 2.21. The highest BCUT2D eigenvalue weighted by Gasteiger charge is 2.11. The fourth-order valence-electron chi connectivity index (χ4n) is 2.49. The third kappa shape index (κ3) is 4.56. The quantitative estimate of drug-likeness (QED) is 0.711. The predicted molar refractivity (Wildman–Crippen MR) is 105 cm³/mol. The van der Waals surface area contributed by atoms with Crippen LogP contribution < -0.4 is 10.9 Å². The molecule has 7 heteroatoms. The van der Waals surface area contributed by atoms with Crippen LogP contribution in [0.5, 0.6) is 0 Å². The first-order valence-corrected chi connectivity index (χ1v) is 8.68. The molecule has 1 amide bonds. The van der Waals surface area contributed by atoms with E-state index in [2.05, 4.69) is 5.32 Å².